The Bertz CT molecular complexity index is 1770. The van der Waals surface area contributed by atoms with E-state index < -0.39 is 0 Å². The highest BCUT2D eigenvalue weighted by molar-refractivity contribution is 5.90. The van der Waals surface area contributed by atoms with Gasteiger partial charge < -0.3 is 0 Å². The van der Waals surface area contributed by atoms with Gasteiger partial charge in [-0.05, 0) is 74.2 Å². The zero-order valence-corrected chi connectivity index (χ0v) is 23.8. The van der Waals surface area contributed by atoms with Gasteiger partial charge in [0.2, 0.25) is 0 Å². The van der Waals surface area contributed by atoms with Gasteiger partial charge in [-0.15, -0.1) is 0 Å². The Morgan fingerprint density at radius 1 is 0.513 bits per heavy atom. The van der Waals surface area contributed by atoms with Crippen molar-refractivity contribution in [3.8, 4) is 28.2 Å². The van der Waals surface area contributed by atoms with Crippen molar-refractivity contribution < 1.29 is 0 Å². The number of aromatic nitrogens is 2. The molecule has 2 heteroatoms. The average Bonchev–Trinajstić information content (AvgIpc) is 3.31. The minimum atomic E-state index is -0.0911. The summed E-state index contributed by atoms with van der Waals surface area (Å²) in [5.41, 5.74) is 9.45. The first-order chi connectivity index (χ1) is 18.6. The van der Waals surface area contributed by atoms with Crippen LogP contribution in [0.25, 0.3) is 50.0 Å². The molecule has 0 aliphatic carbocycles. The Labute approximate surface area is 232 Å². The highest BCUT2D eigenvalue weighted by Gasteiger charge is 2.30. The van der Waals surface area contributed by atoms with E-state index in [4.69, 9.17) is 4.98 Å². The highest BCUT2D eigenvalue weighted by atomic mass is 15.1. The molecule has 0 atom stereocenters. The fourth-order valence-corrected chi connectivity index (χ4v) is 5.59. The summed E-state index contributed by atoms with van der Waals surface area (Å²) in [5, 5.41) is 2.46. The van der Waals surface area contributed by atoms with Crippen LogP contribution in [0.3, 0.4) is 0 Å². The van der Waals surface area contributed by atoms with E-state index in [9.17, 15) is 0 Å². The molecular weight excluding hydrogens is 472 g/mol. The molecule has 2 nitrogen and oxygen atoms in total. The molecule has 0 N–H and O–H groups in total. The van der Waals surface area contributed by atoms with Crippen molar-refractivity contribution in [1.82, 2.24) is 9.55 Å². The predicted octanol–water partition coefficient (Wildman–Crippen LogP) is 10.1. The van der Waals surface area contributed by atoms with Crippen LogP contribution in [0.15, 0.2) is 109 Å². The first-order valence-electron chi connectivity index (χ1n) is 13.8. The molecule has 0 spiro atoms. The summed E-state index contributed by atoms with van der Waals surface area (Å²) in [6.07, 6.45) is 0. The first-order valence-corrected chi connectivity index (χ1v) is 13.8. The summed E-state index contributed by atoms with van der Waals surface area (Å²) in [7, 11) is 0. The molecule has 5 aromatic carbocycles. The standard InChI is InChI=1S/C37H36N2/c1-36(2,3)30-23-29(25-14-8-7-9-15-25)24-31(37(4,5)6)34(30)39-33-19-13-12-18-32(33)38-35(39)28-21-20-26-16-10-11-17-27(26)22-28/h7-24H,1-6H3. The largest absolute Gasteiger partial charge is 0.292 e. The number of fused-ring (bicyclic) bond motifs is 2. The van der Waals surface area contributed by atoms with Gasteiger partial charge in [0.25, 0.3) is 0 Å². The maximum absolute atomic E-state index is 5.26. The summed E-state index contributed by atoms with van der Waals surface area (Å²) in [6.45, 7) is 13.9. The number of hydrogen-bond donors (Lipinski definition) is 0. The second kappa shape index (κ2) is 9.24. The number of benzene rings is 5. The number of para-hydroxylation sites is 2. The van der Waals surface area contributed by atoms with Gasteiger partial charge in [-0.1, -0.05) is 120 Å². The molecule has 39 heavy (non-hydrogen) atoms. The maximum Gasteiger partial charge on any atom is 0.145 e. The molecule has 0 saturated heterocycles. The lowest BCUT2D eigenvalue weighted by Crippen LogP contribution is -2.22. The molecule has 6 rings (SSSR count). The third-order valence-electron chi connectivity index (χ3n) is 7.63. The molecule has 0 saturated carbocycles. The summed E-state index contributed by atoms with van der Waals surface area (Å²) in [5.74, 6) is 0.977. The molecule has 1 aromatic heterocycles. The van der Waals surface area contributed by atoms with Gasteiger partial charge in [0, 0.05) is 5.56 Å². The molecule has 0 radical (unpaired) electrons. The zero-order chi connectivity index (χ0) is 27.4. The van der Waals surface area contributed by atoms with Crippen LogP contribution >= 0.6 is 0 Å². The number of imidazole rings is 1. The van der Waals surface area contributed by atoms with Crippen LogP contribution in [-0.2, 0) is 10.8 Å². The minimum absolute atomic E-state index is 0.0911. The van der Waals surface area contributed by atoms with Crippen molar-refractivity contribution >= 4 is 21.8 Å². The molecular formula is C37H36N2. The Morgan fingerprint density at radius 3 is 1.77 bits per heavy atom. The summed E-state index contributed by atoms with van der Waals surface area (Å²) in [6, 6.07) is 39.3. The lowest BCUT2D eigenvalue weighted by Gasteiger charge is -2.32. The van der Waals surface area contributed by atoms with Gasteiger partial charge >= 0.3 is 0 Å². The van der Waals surface area contributed by atoms with E-state index in [0.717, 1.165) is 22.4 Å². The fraction of sp³-hybridized carbons (Fsp3) is 0.216. The van der Waals surface area contributed by atoms with Crippen LogP contribution in [0, 0.1) is 0 Å². The van der Waals surface area contributed by atoms with E-state index in [1.807, 2.05) is 0 Å². The lowest BCUT2D eigenvalue weighted by atomic mass is 9.76. The van der Waals surface area contributed by atoms with E-state index >= 15 is 0 Å². The van der Waals surface area contributed by atoms with Crippen molar-refractivity contribution in [2.45, 2.75) is 52.4 Å². The number of nitrogens with zero attached hydrogens (tertiary/aromatic N) is 2. The Balaban J connectivity index is 1.74. The maximum atomic E-state index is 5.26. The SMILES string of the molecule is CC(C)(C)c1cc(-c2ccccc2)cc(C(C)(C)C)c1-n1c(-c2ccc3ccccc3c2)nc2ccccc21. The van der Waals surface area contributed by atoms with Crippen LogP contribution in [-0.4, -0.2) is 9.55 Å². The van der Waals surface area contributed by atoms with E-state index in [1.165, 1.54) is 38.7 Å². The van der Waals surface area contributed by atoms with Gasteiger partial charge in [-0.25, -0.2) is 4.98 Å². The molecule has 0 amide bonds. The molecule has 0 fully saturated rings. The lowest BCUT2D eigenvalue weighted by molar-refractivity contribution is 0.563. The van der Waals surface area contributed by atoms with Crippen molar-refractivity contribution in [2.24, 2.45) is 0 Å². The van der Waals surface area contributed by atoms with Crippen LogP contribution in [0.5, 0.6) is 0 Å². The van der Waals surface area contributed by atoms with Crippen molar-refractivity contribution in [1.29, 1.82) is 0 Å². The Kier molecular flexibility index (Phi) is 5.95. The number of hydrogen-bond acceptors (Lipinski definition) is 1. The van der Waals surface area contributed by atoms with E-state index in [0.29, 0.717) is 0 Å². The second-order valence-electron chi connectivity index (χ2n) is 12.6. The Hall–Kier alpha value is -4.17. The van der Waals surface area contributed by atoms with Crippen LogP contribution in [0.1, 0.15) is 52.7 Å². The third kappa shape index (κ3) is 4.55. The third-order valence-corrected chi connectivity index (χ3v) is 7.63. The predicted molar refractivity (Wildman–Crippen MR) is 167 cm³/mol. The van der Waals surface area contributed by atoms with Crippen molar-refractivity contribution in [3.05, 3.63) is 120 Å². The normalized spacial score (nSPS) is 12.4. The summed E-state index contributed by atoms with van der Waals surface area (Å²) < 4.78 is 2.43. The quantitative estimate of drug-likeness (QED) is 0.232. The minimum Gasteiger partial charge on any atom is -0.292 e. The zero-order valence-electron chi connectivity index (χ0n) is 23.8. The van der Waals surface area contributed by atoms with Crippen LogP contribution in [0.2, 0.25) is 0 Å². The average molecular weight is 509 g/mol. The highest BCUT2D eigenvalue weighted by Crippen LogP contribution is 2.43. The monoisotopic (exact) mass is 508 g/mol. The summed E-state index contributed by atoms with van der Waals surface area (Å²) >= 11 is 0. The second-order valence-corrected chi connectivity index (χ2v) is 12.6. The van der Waals surface area contributed by atoms with Gasteiger partial charge in [0.05, 0.1) is 16.7 Å². The smallest absolute Gasteiger partial charge is 0.145 e. The summed E-state index contributed by atoms with van der Waals surface area (Å²) in [4.78, 5) is 5.26. The molecule has 6 aromatic rings. The topological polar surface area (TPSA) is 17.8 Å². The van der Waals surface area contributed by atoms with Gasteiger partial charge in [-0.3, -0.25) is 4.57 Å². The molecule has 1 heterocycles. The fourth-order valence-electron chi connectivity index (χ4n) is 5.59. The van der Waals surface area contributed by atoms with E-state index in [2.05, 4.69) is 155 Å². The first kappa shape index (κ1) is 25.1. The van der Waals surface area contributed by atoms with Crippen molar-refractivity contribution in [2.75, 3.05) is 0 Å². The van der Waals surface area contributed by atoms with Gasteiger partial charge in [-0.2, -0.15) is 0 Å². The van der Waals surface area contributed by atoms with Crippen LogP contribution < -0.4 is 0 Å². The molecule has 0 bridgehead atoms. The van der Waals surface area contributed by atoms with E-state index in [1.54, 1.807) is 0 Å². The van der Waals surface area contributed by atoms with E-state index in [-0.39, 0.29) is 10.8 Å². The molecule has 0 aliphatic heterocycles. The van der Waals surface area contributed by atoms with Gasteiger partial charge in [0.15, 0.2) is 0 Å². The molecule has 0 unspecified atom stereocenters. The van der Waals surface area contributed by atoms with Crippen molar-refractivity contribution in [3.63, 3.8) is 0 Å². The Morgan fingerprint density at radius 2 is 1.10 bits per heavy atom. The molecule has 194 valence electrons. The number of rotatable bonds is 3. The van der Waals surface area contributed by atoms with Gasteiger partial charge in [0.1, 0.15) is 5.82 Å². The van der Waals surface area contributed by atoms with Crippen LogP contribution in [0.4, 0.5) is 0 Å². The molecule has 0 aliphatic rings.